The minimum Gasteiger partial charge on any atom is -0.464 e. The van der Waals surface area contributed by atoms with Crippen molar-refractivity contribution >= 4 is 23.9 Å². The van der Waals surface area contributed by atoms with Crippen LogP contribution in [0.4, 0.5) is 0 Å². The van der Waals surface area contributed by atoms with Crippen molar-refractivity contribution in [3.05, 3.63) is 41.5 Å². The average Bonchev–Trinajstić information content (AvgIpc) is 2.50. The number of nitrogens with two attached hydrogens (primary N) is 1. The fourth-order valence-electron chi connectivity index (χ4n) is 1.86. The Hall–Kier alpha value is -2.63. The Balaban J connectivity index is 2.70. The number of hydrogen-bond donors (Lipinski definition) is 2. The summed E-state index contributed by atoms with van der Waals surface area (Å²) in [5.74, 6) is -1.43. The Labute approximate surface area is 135 Å². The Morgan fingerprint density at radius 1 is 1.22 bits per heavy atom. The molecule has 3 N–H and O–H groups in total. The number of benzene rings is 1. The van der Waals surface area contributed by atoms with Crippen molar-refractivity contribution in [3.8, 4) is 0 Å². The van der Waals surface area contributed by atoms with E-state index in [1.165, 1.54) is 6.08 Å². The molecule has 0 aliphatic rings. The molecular formula is C17H22N2O4. The molecule has 0 saturated carbocycles. The van der Waals surface area contributed by atoms with E-state index in [0.717, 1.165) is 5.56 Å². The highest BCUT2D eigenvalue weighted by molar-refractivity contribution is 5.95. The first-order chi connectivity index (χ1) is 10.8. The summed E-state index contributed by atoms with van der Waals surface area (Å²) in [6.45, 7) is 5.63. The van der Waals surface area contributed by atoms with Gasteiger partial charge in [0, 0.05) is 11.6 Å². The minimum atomic E-state index is -0.690. The third-order valence-corrected chi connectivity index (χ3v) is 3.13. The summed E-state index contributed by atoms with van der Waals surface area (Å²) in [4.78, 5) is 34.7. The Morgan fingerprint density at radius 2 is 1.83 bits per heavy atom. The number of carbonyl (C=O) groups is 3. The monoisotopic (exact) mass is 318 g/mol. The van der Waals surface area contributed by atoms with Crippen LogP contribution in [0.25, 0.3) is 6.08 Å². The third-order valence-electron chi connectivity index (χ3n) is 3.13. The summed E-state index contributed by atoms with van der Waals surface area (Å²) in [7, 11) is 0. The summed E-state index contributed by atoms with van der Waals surface area (Å²) in [5, 5.41) is 2.63. The lowest BCUT2D eigenvalue weighted by Gasteiger charge is -2.19. The first-order valence-electron chi connectivity index (χ1n) is 7.40. The highest BCUT2D eigenvalue weighted by Crippen LogP contribution is 2.07. The second kappa shape index (κ2) is 8.73. The molecule has 1 unspecified atom stereocenters. The summed E-state index contributed by atoms with van der Waals surface area (Å²) in [6.07, 6.45) is 2.91. The van der Waals surface area contributed by atoms with Gasteiger partial charge in [-0.15, -0.1) is 0 Å². The molecule has 2 amide bonds. The zero-order valence-electron chi connectivity index (χ0n) is 13.5. The molecule has 0 heterocycles. The first kappa shape index (κ1) is 18.4. The molecule has 0 radical (unpaired) electrons. The van der Waals surface area contributed by atoms with E-state index in [4.69, 9.17) is 10.5 Å². The van der Waals surface area contributed by atoms with Gasteiger partial charge >= 0.3 is 5.97 Å². The van der Waals surface area contributed by atoms with E-state index in [-0.39, 0.29) is 12.5 Å². The smallest absolute Gasteiger partial charge is 0.328 e. The van der Waals surface area contributed by atoms with Crippen molar-refractivity contribution in [3.63, 3.8) is 0 Å². The zero-order valence-corrected chi connectivity index (χ0v) is 13.5. The van der Waals surface area contributed by atoms with Gasteiger partial charge in [-0.2, -0.15) is 0 Å². The average molecular weight is 318 g/mol. The van der Waals surface area contributed by atoms with Gasteiger partial charge < -0.3 is 15.8 Å². The van der Waals surface area contributed by atoms with Gasteiger partial charge in [0.2, 0.25) is 11.8 Å². The van der Waals surface area contributed by atoms with E-state index in [1.54, 1.807) is 37.3 Å². The summed E-state index contributed by atoms with van der Waals surface area (Å²) >= 11 is 0. The van der Waals surface area contributed by atoms with Crippen LogP contribution in [0.15, 0.2) is 30.3 Å². The minimum absolute atomic E-state index is 0.0822. The molecule has 1 aromatic rings. The van der Waals surface area contributed by atoms with Crippen molar-refractivity contribution in [1.82, 2.24) is 5.32 Å². The Morgan fingerprint density at radius 3 is 2.30 bits per heavy atom. The number of amides is 2. The first-order valence-corrected chi connectivity index (χ1v) is 7.40. The fourth-order valence-corrected chi connectivity index (χ4v) is 1.86. The SMILES string of the molecule is CCOC(=O)C(NC(=O)C=Cc1ccc(C(N)=O)cc1)C(C)C. The van der Waals surface area contributed by atoms with Crippen molar-refractivity contribution in [2.75, 3.05) is 6.61 Å². The van der Waals surface area contributed by atoms with Crippen molar-refractivity contribution in [2.24, 2.45) is 11.7 Å². The molecule has 1 rings (SSSR count). The zero-order chi connectivity index (χ0) is 17.4. The van der Waals surface area contributed by atoms with E-state index >= 15 is 0 Å². The van der Waals surface area contributed by atoms with Crippen molar-refractivity contribution in [2.45, 2.75) is 26.8 Å². The van der Waals surface area contributed by atoms with Crippen LogP contribution in [0.5, 0.6) is 0 Å². The molecule has 0 fully saturated rings. The van der Waals surface area contributed by atoms with Gasteiger partial charge in [-0.1, -0.05) is 26.0 Å². The van der Waals surface area contributed by atoms with Crippen LogP contribution in [-0.4, -0.2) is 30.4 Å². The summed E-state index contributed by atoms with van der Waals surface area (Å²) in [6, 6.07) is 5.82. The molecular weight excluding hydrogens is 296 g/mol. The lowest BCUT2D eigenvalue weighted by atomic mass is 10.0. The van der Waals surface area contributed by atoms with E-state index in [0.29, 0.717) is 5.56 Å². The molecule has 0 bridgehead atoms. The predicted octanol–water partition coefficient (Wildman–Crippen LogP) is 1.50. The molecule has 0 spiro atoms. The second-order valence-electron chi connectivity index (χ2n) is 5.30. The standard InChI is InChI=1S/C17H22N2O4/c1-4-23-17(22)15(11(2)3)19-14(20)10-7-12-5-8-13(9-6-12)16(18)21/h5-11,15H,4H2,1-3H3,(H2,18,21)(H,19,20). The number of ether oxygens (including phenoxy) is 1. The number of carbonyl (C=O) groups excluding carboxylic acids is 3. The molecule has 0 aromatic heterocycles. The largest absolute Gasteiger partial charge is 0.464 e. The van der Waals surface area contributed by atoms with Gasteiger partial charge in [-0.3, -0.25) is 9.59 Å². The molecule has 1 aromatic carbocycles. The third kappa shape index (κ3) is 5.94. The van der Waals surface area contributed by atoms with Gasteiger partial charge in [-0.25, -0.2) is 4.79 Å². The molecule has 23 heavy (non-hydrogen) atoms. The molecule has 1 atom stereocenters. The van der Waals surface area contributed by atoms with Crippen LogP contribution < -0.4 is 11.1 Å². The predicted molar refractivity (Wildman–Crippen MR) is 87.4 cm³/mol. The number of primary amides is 1. The lowest BCUT2D eigenvalue weighted by Crippen LogP contribution is -2.44. The van der Waals surface area contributed by atoms with E-state index in [1.807, 2.05) is 13.8 Å². The van der Waals surface area contributed by atoms with Crippen LogP contribution in [0.2, 0.25) is 0 Å². The Kier molecular flexibility index (Phi) is 6.99. The number of esters is 1. The summed E-state index contributed by atoms with van der Waals surface area (Å²) in [5.41, 5.74) is 6.29. The maximum absolute atomic E-state index is 11.9. The number of nitrogens with one attached hydrogen (secondary N) is 1. The highest BCUT2D eigenvalue weighted by Gasteiger charge is 2.24. The maximum atomic E-state index is 11.9. The molecule has 6 heteroatoms. The van der Waals surface area contributed by atoms with Gasteiger partial charge in [0.05, 0.1) is 6.61 Å². The van der Waals surface area contributed by atoms with Crippen LogP contribution in [-0.2, 0) is 14.3 Å². The van der Waals surface area contributed by atoms with E-state index < -0.39 is 23.8 Å². The summed E-state index contributed by atoms with van der Waals surface area (Å²) < 4.78 is 4.94. The van der Waals surface area contributed by atoms with Crippen molar-refractivity contribution < 1.29 is 19.1 Å². The molecule has 0 aliphatic carbocycles. The second-order valence-corrected chi connectivity index (χ2v) is 5.30. The van der Waals surface area contributed by atoms with Crippen LogP contribution in [0.1, 0.15) is 36.7 Å². The number of hydrogen-bond acceptors (Lipinski definition) is 4. The lowest BCUT2D eigenvalue weighted by molar-refractivity contribution is -0.148. The molecule has 0 saturated heterocycles. The highest BCUT2D eigenvalue weighted by atomic mass is 16.5. The molecule has 124 valence electrons. The number of rotatable bonds is 7. The van der Waals surface area contributed by atoms with Crippen LogP contribution >= 0.6 is 0 Å². The van der Waals surface area contributed by atoms with Gasteiger partial charge in [-0.05, 0) is 36.6 Å². The Bertz CT molecular complexity index is 591. The molecule has 0 aliphatic heterocycles. The maximum Gasteiger partial charge on any atom is 0.328 e. The van der Waals surface area contributed by atoms with Gasteiger partial charge in [0.1, 0.15) is 6.04 Å². The van der Waals surface area contributed by atoms with E-state index in [9.17, 15) is 14.4 Å². The topological polar surface area (TPSA) is 98.5 Å². The van der Waals surface area contributed by atoms with E-state index in [2.05, 4.69) is 5.32 Å². The normalized spacial score (nSPS) is 12.2. The molecule has 6 nitrogen and oxygen atoms in total. The van der Waals surface area contributed by atoms with Gasteiger partial charge in [0.25, 0.3) is 0 Å². The van der Waals surface area contributed by atoms with Gasteiger partial charge in [0.15, 0.2) is 0 Å². The fraction of sp³-hybridized carbons (Fsp3) is 0.353. The van der Waals surface area contributed by atoms with Crippen LogP contribution in [0, 0.1) is 5.92 Å². The quantitative estimate of drug-likeness (QED) is 0.588. The van der Waals surface area contributed by atoms with Crippen molar-refractivity contribution in [1.29, 1.82) is 0 Å². The van der Waals surface area contributed by atoms with Crippen LogP contribution in [0.3, 0.4) is 0 Å².